The topological polar surface area (TPSA) is 59.1 Å². The van der Waals surface area contributed by atoms with Gasteiger partial charge in [-0.3, -0.25) is 0 Å². The first-order chi connectivity index (χ1) is 12.1. The average Bonchev–Trinajstić information content (AvgIpc) is 2.59. The van der Waals surface area contributed by atoms with E-state index in [2.05, 4.69) is 20.6 Å². The fraction of sp³-hybridized carbons (Fsp3) is 0.111. The number of para-hydroxylation sites is 1. The summed E-state index contributed by atoms with van der Waals surface area (Å²) >= 11 is 12.0. The fourth-order valence-corrected chi connectivity index (χ4v) is 2.86. The molecule has 0 spiro atoms. The second-order valence-corrected chi connectivity index (χ2v) is 6.11. The zero-order chi connectivity index (χ0) is 17.6. The average molecular weight is 375 g/mol. The van der Waals surface area contributed by atoms with Gasteiger partial charge in [0.1, 0.15) is 23.7 Å². The number of ether oxygens (including phenoxy) is 1. The third-order valence-corrected chi connectivity index (χ3v) is 3.89. The molecular weight excluding hydrogens is 359 g/mol. The summed E-state index contributed by atoms with van der Waals surface area (Å²) in [7, 11) is 1.65. The normalized spacial score (nSPS) is 10.4. The maximum absolute atomic E-state index is 6.01. The molecule has 7 heteroatoms. The molecule has 1 aromatic heterocycles. The number of halogens is 2. The summed E-state index contributed by atoms with van der Waals surface area (Å²) < 4.78 is 5.35. The van der Waals surface area contributed by atoms with Crippen molar-refractivity contribution in [1.82, 2.24) is 9.97 Å². The summed E-state index contributed by atoms with van der Waals surface area (Å²) in [6.45, 7) is 0.587. The first kappa shape index (κ1) is 17.3. The van der Waals surface area contributed by atoms with Gasteiger partial charge >= 0.3 is 0 Å². The first-order valence-corrected chi connectivity index (χ1v) is 8.30. The van der Waals surface area contributed by atoms with E-state index >= 15 is 0 Å². The van der Waals surface area contributed by atoms with Crippen LogP contribution in [0.1, 0.15) is 5.56 Å². The van der Waals surface area contributed by atoms with Crippen LogP contribution in [0.4, 0.5) is 17.3 Å². The number of aromatic nitrogens is 2. The lowest BCUT2D eigenvalue weighted by atomic mass is 10.2. The molecule has 5 nitrogen and oxygen atoms in total. The largest absolute Gasteiger partial charge is 0.496 e. The van der Waals surface area contributed by atoms with Crippen LogP contribution >= 0.6 is 23.2 Å². The standard InChI is InChI=1S/C18H16Cl2N4O/c1-25-16-5-3-2-4-12(16)10-21-17-9-18(23-11-22-17)24-15-7-13(19)6-14(20)8-15/h2-9,11H,10H2,1H3,(H2,21,22,23,24). The van der Waals surface area contributed by atoms with E-state index in [0.29, 0.717) is 28.2 Å². The Hall–Kier alpha value is -2.50. The maximum atomic E-state index is 6.01. The molecule has 1 heterocycles. The number of hydrogen-bond acceptors (Lipinski definition) is 5. The summed E-state index contributed by atoms with van der Waals surface area (Å²) in [5.41, 5.74) is 1.80. The lowest BCUT2D eigenvalue weighted by molar-refractivity contribution is 0.410. The number of anilines is 3. The SMILES string of the molecule is COc1ccccc1CNc1cc(Nc2cc(Cl)cc(Cl)c2)ncn1. The molecule has 0 amide bonds. The predicted molar refractivity (Wildman–Crippen MR) is 102 cm³/mol. The number of nitrogens with one attached hydrogen (secondary N) is 2. The van der Waals surface area contributed by atoms with E-state index in [9.17, 15) is 0 Å². The highest BCUT2D eigenvalue weighted by molar-refractivity contribution is 6.35. The minimum absolute atomic E-state index is 0.554. The van der Waals surface area contributed by atoms with E-state index in [1.54, 1.807) is 25.3 Å². The molecule has 0 saturated carbocycles. The van der Waals surface area contributed by atoms with Gasteiger partial charge in [0, 0.05) is 33.9 Å². The van der Waals surface area contributed by atoms with Crippen LogP contribution in [0.2, 0.25) is 10.0 Å². The highest BCUT2D eigenvalue weighted by Crippen LogP contribution is 2.25. The van der Waals surface area contributed by atoms with Crippen molar-refractivity contribution in [2.75, 3.05) is 17.7 Å². The van der Waals surface area contributed by atoms with Gasteiger partial charge in [0.25, 0.3) is 0 Å². The van der Waals surface area contributed by atoms with Crippen LogP contribution in [0.3, 0.4) is 0 Å². The molecule has 2 N–H and O–H groups in total. The number of rotatable bonds is 6. The molecule has 0 unspecified atom stereocenters. The fourth-order valence-electron chi connectivity index (χ4n) is 2.33. The Balaban J connectivity index is 1.71. The van der Waals surface area contributed by atoms with Crippen molar-refractivity contribution < 1.29 is 4.74 Å². The molecule has 0 radical (unpaired) electrons. The Morgan fingerprint density at radius 1 is 0.960 bits per heavy atom. The molecule has 0 bridgehead atoms. The minimum Gasteiger partial charge on any atom is -0.496 e. The summed E-state index contributed by atoms with van der Waals surface area (Å²) in [5.74, 6) is 2.16. The van der Waals surface area contributed by atoms with Crippen LogP contribution in [-0.2, 0) is 6.54 Å². The number of methoxy groups -OCH3 is 1. The Labute approximate surface area is 156 Å². The summed E-state index contributed by atoms with van der Waals surface area (Å²) in [4.78, 5) is 8.44. The van der Waals surface area contributed by atoms with E-state index in [0.717, 1.165) is 17.0 Å². The third kappa shape index (κ3) is 4.75. The van der Waals surface area contributed by atoms with Crippen LogP contribution in [0.5, 0.6) is 5.75 Å². The second kappa shape index (κ2) is 8.05. The van der Waals surface area contributed by atoms with Crippen molar-refractivity contribution in [1.29, 1.82) is 0 Å². The Bertz CT molecular complexity index is 853. The van der Waals surface area contributed by atoms with E-state index in [-0.39, 0.29) is 0 Å². The van der Waals surface area contributed by atoms with Crippen LogP contribution in [-0.4, -0.2) is 17.1 Å². The molecule has 3 aromatic rings. The number of nitrogens with zero attached hydrogens (tertiary/aromatic N) is 2. The van der Waals surface area contributed by atoms with Crippen molar-refractivity contribution in [3.63, 3.8) is 0 Å². The van der Waals surface area contributed by atoms with Crippen molar-refractivity contribution in [3.8, 4) is 5.75 Å². The van der Waals surface area contributed by atoms with E-state index in [1.165, 1.54) is 6.33 Å². The quantitative estimate of drug-likeness (QED) is 0.624. The molecule has 128 valence electrons. The minimum atomic E-state index is 0.554. The monoisotopic (exact) mass is 374 g/mol. The van der Waals surface area contributed by atoms with Gasteiger partial charge in [-0.1, -0.05) is 41.4 Å². The predicted octanol–water partition coefficient (Wildman–Crippen LogP) is 5.15. The highest BCUT2D eigenvalue weighted by Gasteiger charge is 2.04. The Morgan fingerprint density at radius 3 is 2.44 bits per heavy atom. The van der Waals surface area contributed by atoms with Gasteiger partial charge in [-0.25, -0.2) is 9.97 Å². The van der Waals surface area contributed by atoms with Gasteiger partial charge in [0.2, 0.25) is 0 Å². The van der Waals surface area contributed by atoms with Gasteiger partial charge in [0.15, 0.2) is 0 Å². The van der Waals surface area contributed by atoms with Crippen molar-refractivity contribution in [3.05, 3.63) is 70.5 Å². The van der Waals surface area contributed by atoms with Gasteiger partial charge in [-0.05, 0) is 24.3 Å². The lowest BCUT2D eigenvalue weighted by Gasteiger charge is -2.11. The van der Waals surface area contributed by atoms with E-state index in [4.69, 9.17) is 27.9 Å². The Morgan fingerprint density at radius 2 is 1.68 bits per heavy atom. The maximum Gasteiger partial charge on any atom is 0.135 e. The number of hydrogen-bond donors (Lipinski definition) is 2. The second-order valence-electron chi connectivity index (χ2n) is 5.24. The van der Waals surface area contributed by atoms with Crippen molar-refractivity contribution in [2.45, 2.75) is 6.54 Å². The van der Waals surface area contributed by atoms with Crippen molar-refractivity contribution in [2.24, 2.45) is 0 Å². The molecule has 25 heavy (non-hydrogen) atoms. The van der Waals surface area contributed by atoms with Crippen LogP contribution in [0.15, 0.2) is 54.9 Å². The molecule has 0 aliphatic rings. The van der Waals surface area contributed by atoms with Gasteiger partial charge < -0.3 is 15.4 Å². The van der Waals surface area contributed by atoms with Crippen LogP contribution < -0.4 is 15.4 Å². The van der Waals surface area contributed by atoms with E-state index in [1.807, 2.05) is 30.3 Å². The first-order valence-electron chi connectivity index (χ1n) is 7.55. The van der Waals surface area contributed by atoms with Gasteiger partial charge in [0.05, 0.1) is 7.11 Å². The molecule has 0 saturated heterocycles. The van der Waals surface area contributed by atoms with Gasteiger partial charge in [-0.15, -0.1) is 0 Å². The molecule has 0 atom stereocenters. The van der Waals surface area contributed by atoms with Crippen molar-refractivity contribution >= 4 is 40.5 Å². The molecule has 0 aliphatic heterocycles. The highest BCUT2D eigenvalue weighted by atomic mass is 35.5. The zero-order valence-corrected chi connectivity index (χ0v) is 15.0. The van der Waals surface area contributed by atoms with E-state index < -0.39 is 0 Å². The summed E-state index contributed by atoms with van der Waals surface area (Å²) in [5, 5.41) is 7.53. The molecule has 2 aromatic carbocycles. The van der Waals surface area contributed by atoms with Gasteiger partial charge in [-0.2, -0.15) is 0 Å². The number of benzene rings is 2. The summed E-state index contributed by atoms with van der Waals surface area (Å²) in [6.07, 6.45) is 1.49. The van der Waals surface area contributed by atoms with Crippen LogP contribution in [0, 0.1) is 0 Å². The summed E-state index contributed by atoms with van der Waals surface area (Å²) in [6, 6.07) is 14.9. The Kier molecular flexibility index (Phi) is 5.58. The molecular formula is C18H16Cl2N4O. The van der Waals surface area contributed by atoms with Crippen LogP contribution in [0.25, 0.3) is 0 Å². The molecule has 0 fully saturated rings. The zero-order valence-electron chi connectivity index (χ0n) is 13.5. The lowest BCUT2D eigenvalue weighted by Crippen LogP contribution is -2.04. The smallest absolute Gasteiger partial charge is 0.135 e. The molecule has 3 rings (SSSR count). The third-order valence-electron chi connectivity index (χ3n) is 3.45. The molecule has 0 aliphatic carbocycles.